The molecule has 0 aliphatic carbocycles. The molecule has 1 aliphatic heterocycles. The lowest BCUT2D eigenvalue weighted by Crippen LogP contribution is -2.58. The Labute approximate surface area is 154 Å². The average Bonchev–Trinajstić information content (AvgIpc) is 3.12. The van der Waals surface area contributed by atoms with Crippen molar-refractivity contribution in [3.05, 3.63) is 0 Å². The van der Waals surface area contributed by atoms with Crippen molar-refractivity contribution in [1.82, 2.24) is 15.5 Å². The molecule has 0 aromatic rings. The van der Waals surface area contributed by atoms with Crippen LogP contribution < -0.4 is 16.4 Å². The van der Waals surface area contributed by atoms with Crippen LogP contribution in [0.1, 0.15) is 46.5 Å². The molecule has 0 bridgehead atoms. The number of carbonyl (C=O) groups excluding carboxylic acids is 3. The van der Waals surface area contributed by atoms with Gasteiger partial charge in [0.05, 0.1) is 12.5 Å². The van der Waals surface area contributed by atoms with E-state index in [1.165, 1.54) is 4.90 Å². The molecule has 148 valence electrons. The molecular formula is C16H31BN4O5. The first-order chi connectivity index (χ1) is 12.3. The molecule has 3 amide bonds. The van der Waals surface area contributed by atoms with Gasteiger partial charge in [-0.05, 0) is 25.2 Å². The van der Waals surface area contributed by atoms with Crippen LogP contribution >= 0.6 is 0 Å². The lowest BCUT2D eigenvalue weighted by atomic mass is 9.77. The van der Waals surface area contributed by atoms with Crippen molar-refractivity contribution in [2.24, 2.45) is 11.7 Å². The van der Waals surface area contributed by atoms with Crippen molar-refractivity contribution in [1.29, 1.82) is 0 Å². The van der Waals surface area contributed by atoms with Crippen LogP contribution in [0.15, 0.2) is 0 Å². The van der Waals surface area contributed by atoms with E-state index < -0.39 is 37.0 Å². The zero-order chi connectivity index (χ0) is 19.9. The van der Waals surface area contributed by atoms with Crippen molar-refractivity contribution in [2.75, 3.05) is 13.1 Å². The van der Waals surface area contributed by atoms with E-state index in [-0.39, 0.29) is 18.4 Å². The largest absolute Gasteiger partial charge is 0.475 e. The van der Waals surface area contributed by atoms with Gasteiger partial charge in [0.1, 0.15) is 12.1 Å². The normalized spacial score (nSPS) is 20.2. The van der Waals surface area contributed by atoms with Crippen LogP contribution in [-0.4, -0.2) is 70.9 Å². The average molecular weight is 370 g/mol. The molecule has 0 aromatic heterocycles. The standard InChI is InChI=1S/C16H31BN4O5/c1-4-10(3)14(16(24)21-8-6-7-12(21)17(25)26)20-15(23)11(5-2)19-13(22)9-18/h10-12,14,25-26H,4-9,18H2,1-3H3,(H,19,22)(H,20,23)/t10?,11-,12-,14-/m0/s1. The number of carbonyl (C=O) groups is 3. The summed E-state index contributed by atoms with van der Waals surface area (Å²) >= 11 is 0. The summed E-state index contributed by atoms with van der Waals surface area (Å²) in [6.45, 7) is 5.71. The van der Waals surface area contributed by atoms with E-state index in [0.717, 1.165) is 0 Å². The zero-order valence-electron chi connectivity index (χ0n) is 15.8. The Hall–Kier alpha value is -1.65. The monoisotopic (exact) mass is 370 g/mol. The summed E-state index contributed by atoms with van der Waals surface area (Å²) in [5.41, 5.74) is 5.27. The molecule has 0 saturated carbocycles. The summed E-state index contributed by atoms with van der Waals surface area (Å²) in [6, 6.07) is -1.57. The highest BCUT2D eigenvalue weighted by molar-refractivity contribution is 6.43. The topological polar surface area (TPSA) is 145 Å². The first-order valence-corrected chi connectivity index (χ1v) is 9.23. The maximum atomic E-state index is 13.0. The molecule has 1 heterocycles. The Balaban J connectivity index is 2.90. The summed E-state index contributed by atoms with van der Waals surface area (Å²) < 4.78 is 0. The van der Waals surface area contributed by atoms with Gasteiger partial charge >= 0.3 is 7.12 Å². The molecule has 1 rings (SSSR count). The second-order valence-electron chi connectivity index (χ2n) is 6.76. The van der Waals surface area contributed by atoms with Crippen LogP contribution in [0, 0.1) is 5.92 Å². The highest BCUT2D eigenvalue weighted by atomic mass is 16.4. The Morgan fingerprint density at radius 2 is 1.88 bits per heavy atom. The number of nitrogens with one attached hydrogen (secondary N) is 2. The summed E-state index contributed by atoms with van der Waals surface area (Å²) in [5, 5.41) is 24.3. The van der Waals surface area contributed by atoms with E-state index in [2.05, 4.69) is 10.6 Å². The summed E-state index contributed by atoms with van der Waals surface area (Å²) in [7, 11) is -1.61. The van der Waals surface area contributed by atoms with Gasteiger partial charge in [-0.2, -0.15) is 0 Å². The summed E-state index contributed by atoms with van der Waals surface area (Å²) in [4.78, 5) is 38.4. The van der Waals surface area contributed by atoms with Crippen LogP contribution in [0.25, 0.3) is 0 Å². The van der Waals surface area contributed by atoms with Crippen LogP contribution in [0.3, 0.4) is 0 Å². The number of hydrogen-bond acceptors (Lipinski definition) is 6. The van der Waals surface area contributed by atoms with Gasteiger partial charge < -0.3 is 31.3 Å². The number of hydrogen-bond donors (Lipinski definition) is 5. The van der Waals surface area contributed by atoms with E-state index in [4.69, 9.17) is 5.73 Å². The van der Waals surface area contributed by atoms with E-state index >= 15 is 0 Å². The number of amides is 3. The molecule has 6 N–H and O–H groups in total. The van der Waals surface area contributed by atoms with Crippen molar-refractivity contribution in [2.45, 2.75) is 64.5 Å². The molecule has 1 saturated heterocycles. The van der Waals surface area contributed by atoms with Crippen molar-refractivity contribution in [3.8, 4) is 0 Å². The number of nitrogens with zero attached hydrogens (tertiary/aromatic N) is 1. The molecule has 26 heavy (non-hydrogen) atoms. The van der Waals surface area contributed by atoms with Crippen LogP contribution in [-0.2, 0) is 14.4 Å². The van der Waals surface area contributed by atoms with Crippen molar-refractivity contribution >= 4 is 24.8 Å². The fourth-order valence-corrected chi connectivity index (χ4v) is 3.10. The Kier molecular flexibility index (Phi) is 9.04. The third-order valence-corrected chi connectivity index (χ3v) is 4.95. The van der Waals surface area contributed by atoms with E-state index in [1.54, 1.807) is 6.92 Å². The van der Waals surface area contributed by atoms with Crippen LogP contribution in [0.4, 0.5) is 0 Å². The SMILES string of the molecule is CCC(C)[C@H](NC(=O)[C@H](CC)NC(=O)CN)C(=O)N1CCC[C@H]1B(O)O. The molecule has 10 heteroatoms. The number of nitrogens with two attached hydrogens (primary N) is 1. The molecule has 1 unspecified atom stereocenters. The van der Waals surface area contributed by atoms with Gasteiger partial charge in [-0.15, -0.1) is 0 Å². The molecular weight excluding hydrogens is 339 g/mol. The van der Waals surface area contributed by atoms with E-state index in [0.29, 0.717) is 32.2 Å². The van der Waals surface area contributed by atoms with Crippen molar-refractivity contribution < 1.29 is 24.4 Å². The fraction of sp³-hybridized carbons (Fsp3) is 0.812. The number of likely N-dealkylation sites (tertiary alicyclic amines) is 1. The maximum Gasteiger partial charge on any atom is 0.475 e. The predicted molar refractivity (Wildman–Crippen MR) is 97.6 cm³/mol. The van der Waals surface area contributed by atoms with Gasteiger partial charge in [0.2, 0.25) is 17.7 Å². The summed E-state index contributed by atoms with van der Waals surface area (Å²) in [5.74, 6) is -2.03. The number of rotatable bonds is 9. The Morgan fingerprint density at radius 3 is 2.38 bits per heavy atom. The van der Waals surface area contributed by atoms with E-state index in [9.17, 15) is 24.4 Å². The maximum absolute atomic E-state index is 13.0. The minimum atomic E-state index is -1.61. The second-order valence-corrected chi connectivity index (χ2v) is 6.76. The van der Waals surface area contributed by atoms with Gasteiger partial charge in [-0.3, -0.25) is 14.4 Å². The lowest BCUT2D eigenvalue weighted by Gasteiger charge is -2.32. The molecule has 9 nitrogen and oxygen atoms in total. The van der Waals surface area contributed by atoms with Crippen molar-refractivity contribution in [3.63, 3.8) is 0 Å². The van der Waals surface area contributed by atoms with Gasteiger partial charge in [0.15, 0.2) is 0 Å². The van der Waals surface area contributed by atoms with E-state index in [1.807, 2.05) is 13.8 Å². The molecule has 1 aliphatic rings. The molecule has 0 radical (unpaired) electrons. The molecule has 0 spiro atoms. The van der Waals surface area contributed by atoms with Gasteiger partial charge in [-0.1, -0.05) is 27.2 Å². The first-order valence-electron chi connectivity index (χ1n) is 9.23. The predicted octanol–water partition coefficient (Wildman–Crippen LogP) is -1.63. The Bertz CT molecular complexity index is 505. The zero-order valence-corrected chi connectivity index (χ0v) is 15.8. The quantitative estimate of drug-likeness (QED) is 0.308. The Morgan fingerprint density at radius 1 is 1.23 bits per heavy atom. The van der Waals surface area contributed by atoms with Crippen LogP contribution in [0.5, 0.6) is 0 Å². The van der Waals surface area contributed by atoms with Gasteiger partial charge in [-0.25, -0.2) is 0 Å². The third-order valence-electron chi connectivity index (χ3n) is 4.95. The van der Waals surface area contributed by atoms with Gasteiger partial charge in [0, 0.05) is 6.54 Å². The van der Waals surface area contributed by atoms with Crippen LogP contribution in [0.2, 0.25) is 0 Å². The summed E-state index contributed by atoms with van der Waals surface area (Å²) in [6.07, 6.45) is 2.21. The highest BCUT2D eigenvalue weighted by Crippen LogP contribution is 2.21. The minimum Gasteiger partial charge on any atom is -0.426 e. The molecule has 1 fully saturated rings. The second kappa shape index (κ2) is 10.5. The first kappa shape index (κ1) is 22.4. The minimum absolute atomic E-state index is 0.147. The smallest absolute Gasteiger partial charge is 0.426 e. The lowest BCUT2D eigenvalue weighted by molar-refractivity contribution is -0.138. The highest BCUT2D eigenvalue weighted by Gasteiger charge is 2.41. The molecule has 4 atom stereocenters. The van der Waals surface area contributed by atoms with Gasteiger partial charge in [0.25, 0.3) is 0 Å². The third kappa shape index (κ3) is 5.68. The fourth-order valence-electron chi connectivity index (χ4n) is 3.10. The molecule has 0 aromatic carbocycles.